The lowest BCUT2D eigenvalue weighted by molar-refractivity contribution is -0.384. The molecule has 0 atom stereocenters. The van der Waals surface area contributed by atoms with Crippen molar-refractivity contribution in [3.8, 4) is 0 Å². The Bertz CT molecular complexity index is 611. The molecule has 0 unspecified atom stereocenters. The second-order valence-corrected chi connectivity index (χ2v) is 4.75. The molecule has 0 amide bonds. The van der Waals surface area contributed by atoms with Crippen LogP contribution in [0.15, 0.2) is 42.6 Å². The molecular weight excluding hydrogens is 327 g/mol. The van der Waals surface area contributed by atoms with Gasteiger partial charge in [-0.25, -0.2) is 0 Å². The Morgan fingerprint density at radius 2 is 2.05 bits per heavy atom. The van der Waals surface area contributed by atoms with Crippen molar-refractivity contribution in [3.05, 3.63) is 63.4 Å². The van der Waals surface area contributed by atoms with Crippen molar-refractivity contribution >= 4 is 23.0 Å². The van der Waals surface area contributed by atoms with E-state index in [-0.39, 0.29) is 18.1 Å². The molecule has 0 aliphatic carbocycles. The third kappa shape index (κ3) is 5.48. The van der Waals surface area contributed by atoms with Gasteiger partial charge in [0.2, 0.25) is 0 Å². The quantitative estimate of drug-likeness (QED) is 0.416. The molecule has 0 spiro atoms. The van der Waals surface area contributed by atoms with Crippen LogP contribution in [0, 0.1) is 10.1 Å². The Balaban J connectivity index is 0.00000242. The van der Waals surface area contributed by atoms with Gasteiger partial charge in [0, 0.05) is 38.0 Å². The van der Waals surface area contributed by atoms with Gasteiger partial charge in [0.15, 0.2) is 0 Å². The number of nitrogens with zero attached hydrogens (tertiary/aromatic N) is 2. The Labute approximate surface area is 139 Å². The van der Waals surface area contributed by atoms with Crippen molar-refractivity contribution in [1.82, 2.24) is 10.3 Å². The highest BCUT2D eigenvalue weighted by Crippen LogP contribution is 2.26. The zero-order chi connectivity index (χ0) is 15.1. The lowest BCUT2D eigenvalue weighted by Gasteiger charge is -2.09. The van der Waals surface area contributed by atoms with Crippen LogP contribution in [0.3, 0.4) is 0 Å². The van der Waals surface area contributed by atoms with Crippen LogP contribution in [0.1, 0.15) is 5.69 Å². The Hall–Kier alpha value is -1.89. The van der Waals surface area contributed by atoms with Crippen molar-refractivity contribution in [2.75, 3.05) is 18.4 Å². The SMILES string of the molecule is O=[N+]([O-])c1ccc(NCCNCc2ccccn2)c(Cl)c1.[Cl-]. The van der Waals surface area contributed by atoms with Gasteiger partial charge in [0.1, 0.15) is 0 Å². The molecule has 2 N–H and O–H groups in total. The molecule has 0 saturated heterocycles. The van der Waals surface area contributed by atoms with E-state index in [9.17, 15) is 10.1 Å². The highest BCUT2D eigenvalue weighted by atomic mass is 35.5. The summed E-state index contributed by atoms with van der Waals surface area (Å²) in [5, 5.41) is 17.3. The Morgan fingerprint density at radius 1 is 1.23 bits per heavy atom. The number of non-ortho nitro benzene ring substituents is 1. The number of halogens is 2. The molecule has 6 nitrogen and oxygen atoms in total. The molecule has 0 radical (unpaired) electrons. The first-order chi connectivity index (χ1) is 10.2. The molecule has 22 heavy (non-hydrogen) atoms. The van der Waals surface area contributed by atoms with E-state index in [1.165, 1.54) is 12.1 Å². The second kappa shape index (κ2) is 9.19. The van der Waals surface area contributed by atoms with Gasteiger partial charge in [0.05, 0.1) is 21.3 Å². The van der Waals surface area contributed by atoms with Crippen molar-refractivity contribution in [2.24, 2.45) is 0 Å². The zero-order valence-electron chi connectivity index (χ0n) is 11.6. The molecule has 2 aromatic rings. The minimum Gasteiger partial charge on any atom is -1.00 e. The van der Waals surface area contributed by atoms with Crippen molar-refractivity contribution in [3.63, 3.8) is 0 Å². The molecule has 0 bridgehead atoms. The minimum atomic E-state index is -0.468. The third-order valence-electron chi connectivity index (χ3n) is 2.81. The number of nitro groups is 1. The summed E-state index contributed by atoms with van der Waals surface area (Å²) >= 11 is 5.98. The number of aromatic nitrogens is 1. The van der Waals surface area contributed by atoms with Crippen molar-refractivity contribution < 1.29 is 17.3 Å². The van der Waals surface area contributed by atoms with Gasteiger partial charge in [0.25, 0.3) is 5.69 Å². The van der Waals surface area contributed by atoms with Crippen LogP contribution in [0.4, 0.5) is 11.4 Å². The number of nitro benzene ring substituents is 1. The molecule has 1 aromatic heterocycles. The van der Waals surface area contributed by atoms with Gasteiger partial charge < -0.3 is 23.0 Å². The standard InChI is InChI=1S/C14H15ClN4O2.ClH/c15-13-9-12(19(20)21)4-5-14(13)18-8-7-16-10-11-3-1-2-6-17-11;/h1-6,9,16,18H,7-8,10H2;1H/p-1. The maximum atomic E-state index is 10.6. The van der Waals surface area contributed by atoms with E-state index >= 15 is 0 Å². The average Bonchev–Trinajstić information content (AvgIpc) is 2.49. The monoisotopic (exact) mass is 341 g/mol. The maximum Gasteiger partial charge on any atom is 0.271 e. The summed E-state index contributed by atoms with van der Waals surface area (Å²) in [7, 11) is 0. The third-order valence-corrected chi connectivity index (χ3v) is 3.13. The summed E-state index contributed by atoms with van der Waals surface area (Å²) in [6.07, 6.45) is 1.76. The van der Waals surface area contributed by atoms with Gasteiger partial charge in [-0.15, -0.1) is 0 Å². The van der Waals surface area contributed by atoms with Crippen LogP contribution in [0.5, 0.6) is 0 Å². The summed E-state index contributed by atoms with van der Waals surface area (Å²) < 4.78 is 0. The lowest BCUT2D eigenvalue weighted by atomic mass is 10.3. The summed E-state index contributed by atoms with van der Waals surface area (Å²) in [6.45, 7) is 2.07. The fourth-order valence-electron chi connectivity index (χ4n) is 1.77. The van der Waals surface area contributed by atoms with E-state index in [1.807, 2.05) is 18.2 Å². The van der Waals surface area contributed by atoms with Gasteiger partial charge in [-0.3, -0.25) is 15.1 Å². The Kier molecular flexibility index (Phi) is 7.59. The largest absolute Gasteiger partial charge is 1.00 e. The highest BCUT2D eigenvalue weighted by Gasteiger charge is 2.08. The van der Waals surface area contributed by atoms with Gasteiger partial charge in [-0.1, -0.05) is 17.7 Å². The first-order valence-electron chi connectivity index (χ1n) is 6.45. The van der Waals surface area contributed by atoms with E-state index in [4.69, 9.17) is 11.6 Å². The van der Waals surface area contributed by atoms with Crippen LogP contribution in [-0.4, -0.2) is 23.0 Å². The van der Waals surface area contributed by atoms with Crippen LogP contribution in [-0.2, 0) is 6.54 Å². The predicted molar refractivity (Wildman–Crippen MR) is 82.5 cm³/mol. The van der Waals surface area contributed by atoms with Crippen molar-refractivity contribution in [2.45, 2.75) is 6.54 Å². The maximum absolute atomic E-state index is 10.6. The number of pyridine rings is 1. The summed E-state index contributed by atoms with van der Waals surface area (Å²) in [5.74, 6) is 0. The molecule has 1 aromatic carbocycles. The highest BCUT2D eigenvalue weighted by molar-refractivity contribution is 6.33. The van der Waals surface area contributed by atoms with Gasteiger partial charge in [-0.2, -0.15) is 0 Å². The predicted octanol–water partition coefficient (Wildman–Crippen LogP) is -0.151. The number of rotatable bonds is 7. The first kappa shape index (κ1) is 18.2. The Morgan fingerprint density at radius 3 is 2.68 bits per heavy atom. The van der Waals surface area contributed by atoms with Gasteiger partial charge in [-0.05, 0) is 18.2 Å². The molecule has 8 heteroatoms. The van der Waals surface area contributed by atoms with Crippen LogP contribution in [0.25, 0.3) is 0 Å². The second-order valence-electron chi connectivity index (χ2n) is 4.35. The fourth-order valence-corrected chi connectivity index (χ4v) is 2.01. The number of hydrogen-bond acceptors (Lipinski definition) is 5. The normalized spacial score (nSPS) is 9.86. The molecule has 1 heterocycles. The van der Waals surface area contributed by atoms with E-state index in [2.05, 4.69) is 15.6 Å². The van der Waals surface area contributed by atoms with E-state index in [0.29, 0.717) is 23.8 Å². The van der Waals surface area contributed by atoms with E-state index in [0.717, 1.165) is 12.2 Å². The van der Waals surface area contributed by atoms with Crippen LogP contribution < -0.4 is 23.0 Å². The molecule has 0 aliphatic heterocycles. The van der Waals surface area contributed by atoms with Gasteiger partial charge >= 0.3 is 0 Å². The molecule has 0 aliphatic rings. The molecule has 118 valence electrons. The molecular formula is C14H15Cl2N4O2-. The van der Waals surface area contributed by atoms with Crippen LogP contribution >= 0.6 is 11.6 Å². The molecule has 0 saturated carbocycles. The van der Waals surface area contributed by atoms with E-state index in [1.54, 1.807) is 12.3 Å². The number of nitrogens with one attached hydrogen (secondary N) is 2. The molecule has 0 fully saturated rings. The average molecular weight is 342 g/mol. The minimum absolute atomic E-state index is 0. The summed E-state index contributed by atoms with van der Waals surface area (Å²) in [5.41, 5.74) is 1.64. The zero-order valence-corrected chi connectivity index (χ0v) is 13.1. The smallest absolute Gasteiger partial charge is 0.271 e. The first-order valence-corrected chi connectivity index (χ1v) is 6.83. The molecule has 2 rings (SSSR count). The fraction of sp³-hybridized carbons (Fsp3) is 0.214. The topological polar surface area (TPSA) is 80.1 Å². The number of hydrogen-bond donors (Lipinski definition) is 2. The summed E-state index contributed by atoms with van der Waals surface area (Å²) in [6, 6.07) is 10.1. The number of anilines is 1. The van der Waals surface area contributed by atoms with Crippen LogP contribution in [0.2, 0.25) is 5.02 Å². The lowest BCUT2D eigenvalue weighted by Crippen LogP contribution is -3.00. The van der Waals surface area contributed by atoms with Crippen molar-refractivity contribution in [1.29, 1.82) is 0 Å². The summed E-state index contributed by atoms with van der Waals surface area (Å²) in [4.78, 5) is 14.3. The van der Waals surface area contributed by atoms with E-state index < -0.39 is 4.92 Å². The number of benzene rings is 1.